The molecule has 1 aromatic rings. The van der Waals surface area contributed by atoms with Crippen molar-refractivity contribution in [3.8, 4) is 0 Å². The number of anilines is 1. The molecule has 4 nitrogen and oxygen atoms in total. The lowest BCUT2D eigenvalue weighted by molar-refractivity contribution is 0.312. The maximum atomic E-state index is 13.8. The lowest BCUT2D eigenvalue weighted by atomic mass is 9.88. The molecule has 1 aliphatic carbocycles. The molecule has 112 valence electrons. The van der Waals surface area contributed by atoms with Crippen molar-refractivity contribution >= 4 is 15.7 Å². The van der Waals surface area contributed by atoms with Crippen molar-refractivity contribution in [2.75, 3.05) is 5.73 Å². The van der Waals surface area contributed by atoms with Crippen LogP contribution in [0.15, 0.2) is 17.0 Å². The van der Waals surface area contributed by atoms with E-state index < -0.39 is 32.2 Å². The van der Waals surface area contributed by atoms with Gasteiger partial charge in [0.05, 0.1) is 0 Å². The van der Waals surface area contributed by atoms with E-state index >= 15 is 0 Å². The smallest absolute Gasteiger partial charge is 0.243 e. The molecule has 0 aromatic heterocycles. The van der Waals surface area contributed by atoms with Crippen molar-refractivity contribution in [1.82, 2.24) is 4.72 Å². The Morgan fingerprint density at radius 3 is 2.55 bits per heavy atom. The van der Waals surface area contributed by atoms with Crippen LogP contribution in [0.5, 0.6) is 0 Å². The van der Waals surface area contributed by atoms with Gasteiger partial charge in [0.1, 0.15) is 16.4 Å². The van der Waals surface area contributed by atoms with Gasteiger partial charge in [0.2, 0.25) is 10.0 Å². The van der Waals surface area contributed by atoms with E-state index in [2.05, 4.69) is 4.72 Å². The minimum Gasteiger partial charge on any atom is -0.394 e. The summed E-state index contributed by atoms with van der Waals surface area (Å²) in [6.07, 6.45) is 2.51. The van der Waals surface area contributed by atoms with Gasteiger partial charge in [-0.15, -0.1) is 0 Å². The summed E-state index contributed by atoms with van der Waals surface area (Å²) in [6.45, 7) is 3.92. The van der Waals surface area contributed by atoms with E-state index in [1.165, 1.54) is 0 Å². The van der Waals surface area contributed by atoms with Crippen molar-refractivity contribution in [3.05, 3.63) is 23.8 Å². The molecule has 0 saturated heterocycles. The Bertz CT molecular complexity index is 630. The number of benzene rings is 1. The van der Waals surface area contributed by atoms with Gasteiger partial charge in [-0.1, -0.05) is 20.3 Å². The van der Waals surface area contributed by atoms with Crippen molar-refractivity contribution in [1.29, 1.82) is 0 Å². The van der Waals surface area contributed by atoms with Gasteiger partial charge in [0, 0.05) is 6.04 Å². The summed E-state index contributed by atoms with van der Waals surface area (Å²) in [5.41, 5.74) is 4.23. The maximum Gasteiger partial charge on any atom is 0.243 e. The fourth-order valence-electron chi connectivity index (χ4n) is 2.55. The van der Waals surface area contributed by atoms with Crippen molar-refractivity contribution in [2.24, 2.45) is 5.41 Å². The molecular formula is C13H18F2N2O2S. The highest BCUT2D eigenvalue weighted by atomic mass is 32.2. The minimum absolute atomic E-state index is 0.185. The zero-order valence-corrected chi connectivity index (χ0v) is 12.2. The van der Waals surface area contributed by atoms with E-state index in [1.807, 2.05) is 13.8 Å². The second-order valence-electron chi connectivity index (χ2n) is 5.83. The first-order chi connectivity index (χ1) is 9.15. The summed E-state index contributed by atoms with van der Waals surface area (Å²) in [5.74, 6) is -2.21. The standard InChI is InChI=1S/C13H18F2N2O2S/c1-13(2)7-3-4-10(13)17-20(18,19)9-6-5-8(14)12(16)11(9)15/h5-6,10,17H,3-4,7,16H2,1-2H3. The van der Waals surface area contributed by atoms with Gasteiger partial charge in [-0.3, -0.25) is 0 Å². The number of halogens is 2. The molecule has 0 bridgehead atoms. The Hall–Kier alpha value is -1.21. The van der Waals surface area contributed by atoms with Crippen LogP contribution < -0.4 is 10.5 Å². The molecule has 3 N–H and O–H groups in total. The Labute approximate surface area is 117 Å². The Morgan fingerprint density at radius 1 is 1.35 bits per heavy atom. The van der Waals surface area contributed by atoms with Crippen LogP contribution >= 0.6 is 0 Å². The van der Waals surface area contributed by atoms with Gasteiger partial charge in [-0.05, 0) is 30.4 Å². The third-order valence-corrected chi connectivity index (χ3v) is 5.42. The summed E-state index contributed by atoms with van der Waals surface area (Å²) >= 11 is 0. The third-order valence-electron chi connectivity index (χ3n) is 3.94. The predicted molar refractivity (Wildman–Crippen MR) is 72.5 cm³/mol. The van der Waals surface area contributed by atoms with Crippen LogP contribution in [0.3, 0.4) is 0 Å². The normalized spacial score (nSPS) is 22.1. The van der Waals surface area contributed by atoms with Crippen LogP contribution in [-0.4, -0.2) is 14.5 Å². The number of nitrogen functional groups attached to an aromatic ring is 1. The molecule has 1 aromatic carbocycles. The number of rotatable bonds is 3. The number of sulfonamides is 1. The van der Waals surface area contributed by atoms with Gasteiger partial charge in [0.15, 0.2) is 5.82 Å². The van der Waals surface area contributed by atoms with Crippen LogP contribution in [0.2, 0.25) is 0 Å². The molecule has 7 heteroatoms. The summed E-state index contributed by atoms with van der Waals surface area (Å²) in [6, 6.07) is 1.48. The van der Waals surface area contributed by atoms with Crippen LogP contribution in [0.25, 0.3) is 0 Å². The van der Waals surface area contributed by atoms with E-state index in [1.54, 1.807) is 0 Å². The van der Waals surface area contributed by atoms with Crippen LogP contribution in [0.4, 0.5) is 14.5 Å². The molecule has 1 saturated carbocycles. The maximum absolute atomic E-state index is 13.8. The summed E-state index contributed by atoms with van der Waals surface area (Å²) in [7, 11) is -4.06. The quantitative estimate of drug-likeness (QED) is 0.842. The average molecular weight is 304 g/mol. The first-order valence-electron chi connectivity index (χ1n) is 6.41. The van der Waals surface area contributed by atoms with E-state index in [4.69, 9.17) is 5.73 Å². The summed E-state index contributed by atoms with van der Waals surface area (Å²) in [4.78, 5) is -0.612. The first-order valence-corrected chi connectivity index (χ1v) is 7.89. The molecule has 1 fully saturated rings. The fraction of sp³-hybridized carbons (Fsp3) is 0.538. The molecule has 0 aliphatic heterocycles. The number of hydrogen-bond acceptors (Lipinski definition) is 3. The van der Waals surface area contributed by atoms with Gasteiger partial charge < -0.3 is 5.73 Å². The van der Waals surface area contributed by atoms with Crippen molar-refractivity contribution in [2.45, 2.75) is 44.0 Å². The Morgan fingerprint density at radius 2 is 2.00 bits per heavy atom. The number of nitrogens with two attached hydrogens (primary N) is 1. The van der Waals surface area contributed by atoms with Gasteiger partial charge >= 0.3 is 0 Å². The van der Waals surface area contributed by atoms with Crippen LogP contribution in [0.1, 0.15) is 33.1 Å². The number of hydrogen-bond donors (Lipinski definition) is 2. The van der Waals surface area contributed by atoms with E-state index in [0.29, 0.717) is 6.42 Å². The molecule has 0 amide bonds. The predicted octanol–water partition coefficient (Wildman–Crippen LogP) is 2.40. The highest BCUT2D eigenvalue weighted by Gasteiger charge is 2.38. The van der Waals surface area contributed by atoms with Crippen molar-refractivity contribution in [3.63, 3.8) is 0 Å². The van der Waals surface area contributed by atoms with Crippen LogP contribution in [0, 0.1) is 17.0 Å². The minimum atomic E-state index is -4.06. The van der Waals surface area contributed by atoms with E-state index in [9.17, 15) is 17.2 Å². The van der Waals surface area contributed by atoms with E-state index in [0.717, 1.165) is 25.0 Å². The topological polar surface area (TPSA) is 72.2 Å². The lowest BCUT2D eigenvalue weighted by Crippen LogP contribution is -2.41. The molecule has 20 heavy (non-hydrogen) atoms. The zero-order chi connectivity index (χ0) is 15.1. The van der Waals surface area contributed by atoms with Gasteiger partial charge in [-0.2, -0.15) is 0 Å². The summed E-state index contributed by atoms with van der Waals surface area (Å²) in [5, 5.41) is 0. The summed E-state index contributed by atoms with van der Waals surface area (Å²) < 4.78 is 53.9. The first kappa shape index (κ1) is 15.2. The number of nitrogens with one attached hydrogen (secondary N) is 1. The van der Waals surface area contributed by atoms with Crippen LogP contribution in [-0.2, 0) is 10.0 Å². The molecule has 0 spiro atoms. The SMILES string of the molecule is CC1(C)CCCC1NS(=O)(=O)c1ccc(F)c(N)c1F. The second-order valence-corrected chi connectivity index (χ2v) is 7.51. The molecule has 1 aliphatic rings. The third kappa shape index (κ3) is 2.64. The molecule has 2 rings (SSSR count). The van der Waals surface area contributed by atoms with Gasteiger partial charge in [0.25, 0.3) is 0 Å². The fourth-order valence-corrected chi connectivity index (χ4v) is 4.08. The van der Waals surface area contributed by atoms with E-state index in [-0.39, 0.29) is 11.5 Å². The lowest BCUT2D eigenvalue weighted by Gasteiger charge is -2.27. The van der Waals surface area contributed by atoms with Gasteiger partial charge in [-0.25, -0.2) is 21.9 Å². The largest absolute Gasteiger partial charge is 0.394 e. The average Bonchev–Trinajstić information content (AvgIpc) is 2.65. The highest BCUT2D eigenvalue weighted by Crippen LogP contribution is 2.38. The highest BCUT2D eigenvalue weighted by molar-refractivity contribution is 7.89. The Balaban J connectivity index is 2.35. The Kier molecular flexibility index (Phi) is 3.77. The molecule has 1 unspecified atom stereocenters. The second kappa shape index (κ2) is 4.96. The molecule has 1 atom stereocenters. The monoisotopic (exact) mass is 304 g/mol. The van der Waals surface area contributed by atoms with Crippen molar-refractivity contribution < 1.29 is 17.2 Å². The molecule has 0 heterocycles. The molecule has 0 radical (unpaired) electrons. The zero-order valence-electron chi connectivity index (χ0n) is 11.4. The molecular weight excluding hydrogens is 286 g/mol.